The van der Waals surface area contributed by atoms with E-state index in [4.69, 9.17) is 4.84 Å². The first kappa shape index (κ1) is 24.3. The summed E-state index contributed by atoms with van der Waals surface area (Å²) >= 11 is 0. The van der Waals surface area contributed by atoms with E-state index in [2.05, 4.69) is 10.6 Å². The van der Waals surface area contributed by atoms with Crippen LogP contribution in [0.2, 0.25) is 0 Å². The van der Waals surface area contributed by atoms with Gasteiger partial charge < -0.3 is 15.7 Å². The van der Waals surface area contributed by atoms with Gasteiger partial charge >= 0.3 is 0 Å². The molecule has 0 fully saturated rings. The lowest BCUT2D eigenvalue weighted by Crippen LogP contribution is -2.43. The van der Waals surface area contributed by atoms with Crippen LogP contribution in [0.4, 0.5) is 10.1 Å². The van der Waals surface area contributed by atoms with Crippen LogP contribution >= 0.6 is 0 Å². The number of rotatable bonds is 6. The average molecular weight is 458 g/mol. The zero-order valence-electron chi connectivity index (χ0n) is 19.1. The monoisotopic (exact) mass is 457 g/mol. The minimum atomic E-state index is -1.45. The van der Waals surface area contributed by atoms with Crippen molar-refractivity contribution in [3.63, 3.8) is 0 Å². The van der Waals surface area contributed by atoms with Crippen molar-refractivity contribution in [3.05, 3.63) is 57.9 Å². The quantitative estimate of drug-likeness (QED) is 0.449. The Kier molecular flexibility index (Phi) is 7.45. The molecule has 1 atom stereocenters. The number of nitrogens with one attached hydrogen (secondary N) is 2. The number of likely N-dealkylation sites (N-methyl/N-ethyl adjacent to an activating group) is 1. The lowest BCUT2D eigenvalue weighted by atomic mass is 9.95. The minimum absolute atomic E-state index is 0.277. The van der Waals surface area contributed by atoms with Crippen molar-refractivity contribution in [1.29, 1.82) is 0 Å². The SMILES string of the molecule is CON(C)C(=O)C(O)CNC(=O)C1=C(C)CCCC(/C=C2\C(=O)Nc3ccc(F)cc32)=C1C. The molecule has 3 amide bonds. The number of hydroxylamine groups is 2. The van der Waals surface area contributed by atoms with Crippen LogP contribution in [-0.2, 0) is 19.2 Å². The van der Waals surface area contributed by atoms with Crippen LogP contribution in [0.25, 0.3) is 5.57 Å². The molecule has 1 unspecified atom stereocenters. The first-order valence-electron chi connectivity index (χ1n) is 10.6. The third-order valence-electron chi connectivity index (χ3n) is 5.92. The Labute approximate surface area is 191 Å². The number of nitrogens with zero attached hydrogens (tertiary/aromatic N) is 1. The lowest BCUT2D eigenvalue weighted by Gasteiger charge is -2.19. The summed E-state index contributed by atoms with van der Waals surface area (Å²) in [5, 5.41) is 16.3. The fourth-order valence-electron chi connectivity index (χ4n) is 4.02. The van der Waals surface area contributed by atoms with Crippen LogP contribution in [-0.4, -0.2) is 54.7 Å². The van der Waals surface area contributed by atoms with Crippen LogP contribution in [0.15, 0.2) is 46.6 Å². The van der Waals surface area contributed by atoms with E-state index in [-0.39, 0.29) is 12.5 Å². The summed E-state index contributed by atoms with van der Waals surface area (Å²) in [7, 11) is 2.66. The molecular formula is C24H28FN3O5. The van der Waals surface area contributed by atoms with Gasteiger partial charge in [-0.1, -0.05) is 5.57 Å². The maximum absolute atomic E-state index is 13.8. The van der Waals surface area contributed by atoms with Gasteiger partial charge in [0.1, 0.15) is 5.82 Å². The van der Waals surface area contributed by atoms with Crippen LogP contribution in [0.1, 0.15) is 38.7 Å². The van der Waals surface area contributed by atoms with Crippen LogP contribution in [0.5, 0.6) is 0 Å². The molecule has 176 valence electrons. The van der Waals surface area contributed by atoms with E-state index in [0.717, 1.165) is 22.6 Å². The van der Waals surface area contributed by atoms with E-state index < -0.39 is 23.7 Å². The van der Waals surface area contributed by atoms with E-state index >= 15 is 0 Å². The van der Waals surface area contributed by atoms with Gasteiger partial charge in [-0.2, -0.15) is 0 Å². The van der Waals surface area contributed by atoms with E-state index in [1.165, 1.54) is 32.4 Å². The molecule has 1 aromatic rings. The summed E-state index contributed by atoms with van der Waals surface area (Å²) in [5.74, 6) is -1.86. The number of halogens is 1. The Bertz CT molecular complexity index is 1090. The summed E-state index contributed by atoms with van der Waals surface area (Å²) in [6, 6.07) is 4.13. The van der Waals surface area contributed by atoms with Crippen molar-refractivity contribution >= 4 is 29.0 Å². The highest BCUT2D eigenvalue weighted by Crippen LogP contribution is 2.36. The molecule has 0 spiro atoms. The molecule has 0 aromatic heterocycles. The number of hydrogen-bond acceptors (Lipinski definition) is 5. The van der Waals surface area contributed by atoms with Crippen LogP contribution in [0, 0.1) is 5.82 Å². The number of amides is 3. The van der Waals surface area contributed by atoms with Crippen LogP contribution < -0.4 is 10.6 Å². The van der Waals surface area contributed by atoms with Gasteiger partial charge in [-0.25, -0.2) is 9.45 Å². The highest BCUT2D eigenvalue weighted by molar-refractivity contribution is 6.31. The number of allylic oxidation sites excluding steroid dienone is 3. The smallest absolute Gasteiger partial charge is 0.276 e. The first-order valence-corrected chi connectivity index (χ1v) is 10.6. The van der Waals surface area contributed by atoms with Gasteiger partial charge in [0, 0.05) is 29.4 Å². The van der Waals surface area contributed by atoms with Gasteiger partial charge in [0.2, 0.25) is 0 Å². The summed E-state index contributed by atoms with van der Waals surface area (Å²) < 4.78 is 13.8. The van der Waals surface area contributed by atoms with Gasteiger partial charge in [-0.3, -0.25) is 19.2 Å². The maximum atomic E-state index is 13.8. The molecule has 0 saturated carbocycles. The molecule has 1 heterocycles. The molecule has 1 aromatic carbocycles. The standard InChI is InChI=1S/C24H28FN3O5/c1-13-6-5-7-15(10-18-17-11-16(25)8-9-19(17)27-22(18)30)14(2)21(13)23(31)26-12-20(29)24(32)28(3)33-4/h8-11,20,29H,5-7,12H2,1-4H3,(H,26,31)(H,27,30)/b18-10-. The van der Waals surface area contributed by atoms with Crippen LogP contribution in [0.3, 0.4) is 0 Å². The predicted molar refractivity (Wildman–Crippen MR) is 121 cm³/mol. The van der Waals surface area contributed by atoms with Crippen molar-refractivity contribution in [3.8, 4) is 0 Å². The third kappa shape index (κ3) is 5.20. The van der Waals surface area contributed by atoms with Gasteiger partial charge in [-0.05, 0) is 68.5 Å². The molecule has 3 N–H and O–H groups in total. The summed E-state index contributed by atoms with van der Waals surface area (Å²) in [5.41, 5.74) is 4.20. The normalized spacial score (nSPS) is 18.1. The van der Waals surface area contributed by atoms with Crippen molar-refractivity contribution in [2.45, 2.75) is 39.2 Å². The molecule has 0 bridgehead atoms. The van der Waals surface area contributed by atoms with E-state index in [1.54, 1.807) is 13.0 Å². The van der Waals surface area contributed by atoms with E-state index in [1.807, 2.05) is 6.92 Å². The van der Waals surface area contributed by atoms with Gasteiger partial charge in [0.25, 0.3) is 17.7 Å². The largest absolute Gasteiger partial charge is 0.381 e. The number of carbonyl (C=O) groups excluding carboxylic acids is 3. The molecule has 0 saturated heterocycles. The molecule has 2 aliphatic rings. The minimum Gasteiger partial charge on any atom is -0.381 e. The number of aliphatic hydroxyl groups is 1. The number of hydrogen-bond donors (Lipinski definition) is 3. The number of benzene rings is 1. The Morgan fingerprint density at radius 3 is 2.76 bits per heavy atom. The topological polar surface area (TPSA) is 108 Å². The molecular weight excluding hydrogens is 429 g/mol. The van der Waals surface area contributed by atoms with Gasteiger partial charge in [0.05, 0.1) is 13.7 Å². The first-order chi connectivity index (χ1) is 15.6. The van der Waals surface area contributed by atoms with Gasteiger partial charge in [-0.15, -0.1) is 0 Å². The van der Waals surface area contributed by atoms with Crippen molar-refractivity contribution in [2.75, 3.05) is 26.0 Å². The highest BCUT2D eigenvalue weighted by Gasteiger charge is 2.27. The van der Waals surface area contributed by atoms with E-state index in [0.29, 0.717) is 40.8 Å². The number of anilines is 1. The second-order valence-corrected chi connectivity index (χ2v) is 8.11. The van der Waals surface area contributed by atoms with E-state index in [9.17, 15) is 23.9 Å². The molecule has 9 heteroatoms. The zero-order chi connectivity index (χ0) is 24.3. The summed E-state index contributed by atoms with van der Waals surface area (Å²) in [6.45, 7) is 3.39. The fraction of sp³-hybridized carbons (Fsp3) is 0.375. The Hall–Kier alpha value is -3.30. The fourth-order valence-corrected chi connectivity index (χ4v) is 4.02. The number of fused-ring (bicyclic) bond motifs is 1. The maximum Gasteiger partial charge on any atom is 0.276 e. The van der Waals surface area contributed by atoms with Crippen molar-refractivity contribution < 1.29 is 28.7 Å². The Morgan fingerprint density at radius 2 is 2.06 bits per heavy atom. The number of aliphatic hydroxyl groups excluding tert-OH is 1. The predicted octanol–water partition coefficient (Wildman–Crippen LogP) is 2.47. The molecule has 1 aliphatic carbocycles. The molecule has 0 radical (unpaired) electrons. The lowest BCUT2D eigenvalue weighted by molar-refractivity contribution is -0.177. The molecule has 33 heavy (non-hydrogen) atoms. The highest BCUT2D eigenvalue weighted by atomic mass is 19.1. The van der Waals surface area contributed by atoms with Crippen molar-refractivity contribution in [1.82, 2.24) is 10.4 Å². The number of carbonyl (C=O) groups is 3. The van der Waals surface area contributed by atoms with Gasteiger partial charge in [0.15, 0.2) is 6.10 Å². The molecule has 3 rings (SSSR count). The Morgan fingerprint density at radius 1 is 1.33 bits per heavy atom. The second-order valence-electron chi connectivity index (χ2n) is 8.11. The summed E-state index contributed by atoms with van der Waals surface area (Å²) in [4.78, 5) is 42.2. The summed E-state index contributed by atoms with van der Waals surface area (Å²) in [6.07, 6.45) is 2.36. The second kappa shape index (κ2) is 10.1. The zero-order valence-corrected chi connectivity index (χ0v) is 19.1. The third-order valence-corrected chi connectivity index (χ3v) is 5.92. The molecule has 8 nitrogen and oxygen atoms in total. The van der Waals surface area contributed by atoms with Crippen molar-refractivity contribution in [2.24, 2.45) is 0 Å². The molecule has 1 aliphatic heterocycles. The average Bonchev–Trinajstić information content (AvgIpc) is 3.01. The Balaban J connectivity index is 1.88.